The van der Waals surface area contributed by atoms with Gasteiger partial charge in [-0.05, 0) is 30.2 Å². The van der Waals surface area contributed by atoms with Crippen molar-refractivity contribution in [3.63, 3.8) is 0 Å². The van der Waals surface area contributed by atoms with Crippen LogP contribution in [-0.2, 0) is 6.54 Å². The SMILES string of the molecule is CCC(C)C1CN(Cc2ccccc2)C(C2CC2)CN1. The minimum Gasteiger partial charge on any atom is -0.311 e. The monoisotopic (exact) mass is 272 g/mol. The van der Waals surface area contributed by atoms with E-state index in [1.807, 2.05) is 0 Å². The van der Waals surface area contributed by atoms with Gasteiger partial charge in [0.1, 0.15) is 0 Å². The number of nitrogens with one attached hydrogen (secondary N) is 1. The number of rotatable bonds is 5. The topological polar surface area (TPSA) is 15.3 Å². The molecule has 0 amide bonds. The highest BCUT2D eigenvalue weighted by atomic mass is 15.2. The van der Waals surface area contributed by atoms with Gasteiger partial charge in [0.15, 0.2) is 0 Å². The highest BCUT2D eigenvalue weighted by Crippen LogP contribution is 2.37. The first-order valence-corrected chi connectivity index (χ1v) is 8.29. The van der Waals surface area contributed by atoms with Crippen LogP contribution in [0, 0.1) is 11.8 Å². The molecule has 1 aliphatic carbocycles. The Labute approximate surface area is 123 Å². The van der Waals surface area contributed by atoms with Crippen molar-refractivity contribution in [2.75, 3.05) is 13.1 Å². The first-order valence-electron chi connectivity index (χ1n) is 8.29. The Morgan fingerprint density at radius 3 is 2.65 bits per heavy atom. The molecule has 3 atom stereocenters. The summed E-state index contributed by atoms with van der Waals surface area (Å²) in [6.07, 6.45) is 4.14. The zero-order valence-electron chi connectivity index (χ0n) is 12.9. The second-order valence-electron chi connectivity index (χ2n) is 6.72. The summed E-state index contributed by atoms with van der Waals surface area (Å²) in [6, 6.07) is 12.4. The average Bonchev–Trinajstić information content (AvgIpc) is 3.32. The smallest absolute Gasteiger partial charge is 0.0253 e. The van der Waals surface area contributed by atoms with E-state index in [1.54, 1.807) is 0 Å². The molecule has 2 fully saturated rings. The van der Waals surface area contributed by atoms with Crippen LogP contribution in [0.1, 0.15) is 38.7 Å². The van der Waals surface area contributed by atoms with Crippen molar-refractivity contribution in [1.82, 2.24) is 10.2 Å². The summed E-state index contributed by atoms with van der Waals surface area (Å²) in [6.45, 7) is 8.21. The molecule has 0 spiro atoms. The van der Waals surface area contributed by atoms with Gasteiger partial charge in [0.2, 0.25) is 0 Å². The molecule has 0 radical (unpaired) electrons. The maximum absolute atomic E-state index is 3.82. The molecule has 1 saturated heterocycles. The summed E-state index contributed by atoms with van der Waals surface area (Å²) in [5.74, 6) is 1.72. The molecule has 0 bridgehead atoms. The maximum atomic E-state index is 3.82. The molecule has 1 heterocycles. The summed E-state index contributed by atoms with van der Waals surface area (Å²) in [4.78, 5) is 2.75. The van der Waals surface area contributed by atoms with E-state index < -0.39 is 0 Å². The Bertz CT molecular complexity index is 413. The zero-order valence-corrected chi connectivity index (χ0v) is 12.9. The summed E-state index contributed by atoms with van der Waals surface area (Å²) < 4.78 is 0. The van der Waals surface area contributed by atoms with E-state index in [-0.39, 0.29) is 0 Å². The van der Waals surface area contributed by atoms with Crippen LogP contribution in [0.25, 0.3) is 0 Å². The van der Waals surface area contributed by atoms with E-state index in [9.17, 15) is 0 Å². The van der Waals surface area contributed by atoms with Gasteiger partial charge in [0.25, 0.3) is 0 Å². The largest absolute Gasteiger partial charge is 0.311 e. The van der Waals surface area contributed by atoms with Crippen LogP contribution < -0.4 is 5.32 Å². The van der Waals surface area contributed by atoms with Gasteiger partial charge in [-0.15, -0.1) is 0 Å². The quantitative estimate of drug-likeness (QED) is 0.885. The lowest BCUT2D eigenvalue weighted by Crippen LogP contribution is -2.58. The first kappa shape index (κ1) is 14.1. The Morgan fingerprint density at radius 1 is 1.25 bits per heavy atom. The fourth-order valence-corrected chi connectivity index (χ4v) is 3.46. The van der Waals surface area contributed by atoms with Crippen molar-refractivity contribution in [3.05, 3.63) is 35.9 Å². The normalized spacial score (nSPS) is 29.3. The van der Waals surface area contributed by atoms with Crippen LogP contribution in [0.4, 0.5) is 0 Å². The van der Waals surface area contributed by atoms with Crippen LogP contribution in [0.5, 0.6) is 0 Å². The van der Waals surface area contributed by atoms with Crippen LogP contribution in [0.15, 0.2) is 30.3 Å². The molecular weight excluding hydrogens is 244 g/mol. The number of nitrogens with zero attached hydrogens (tertiary/aromatic N) is 1. The third-order valence-corrected chi connectivity index (χ3v) is 5.21. The fraction of sp³-hybridized carbons (Fsp3) is 0.667. The van der Waals surface area contributed by atoms with Crippen molar-refractivity contribution in [3.8, 4) is 0 Å². The van der Waals surface area contributed by atoms with Crippen molar-refractivity contribution < 1.29 is 0 Å². The molecule has 1 aromatic rings. The van der Waals surface area contributed by atoms with E-state index >= 15 is 0 Å². The average molecular weight is 272 g/mol. The molecule has 110 valence electrons. The Morgan fingerprint density at radius 2 is 2.00 bits per heavy atom. The van der Waals surface area contributed by atoms with Crippen LogP contribution >= 0.6 is 0 Å². The Kier molecular flexibility index (Phi) is 4.42. The van der Waals surface area contributed by atoms with Crippen molar-refractivity contribution >= 4 is 0 Å². The maximum Gasteiger partial charge on any atom is 0.0253 e. The van der Waals surface area contributed by atoms with Gasteiger partial charge in [-0.1, -0.05) is 50.6 Å². The van der Waals surface area contributed by atoms with Gasteiger partial charge in [0.05, 0.1) is 0 Å². The minimum atomic E-state index is 0.665. The molecule has 2 heteroatoms. The molecule has 2 aliphatic rings. The van der Waals surface area contributed by atoms with Gasteiger partial charge in [0, 0.05) is 31.7 Å². The van der Waals surface area contributed by atoms with Crippen molar-refractivity contribution in [1.29, 1.82) is 0 Å². The van der Waals surface area contributed by atoms with Crippen molar-refractivity contribution in [2.45, 2.75) is 51.7 Å². The second kappa shape index (κ2) is 6.28. The van der Waals surface area contributed by atoms with E-state index in [0.29, 0.717) is 6.04 Å². The van der Waals surface area contributed by atoms with Crippen LogP contribution in [0.2, 0.25) is 0 Å². The summed E-state index contributed by atoms with van der Waals surface area (Å²) in [5.41, 5.74) is 1.46. The highest BCUT2D eigenvalue weighted by molar-refractivity contribution is 5.15. The molecule has 1 aliphatic heterocycles. The lowest BCUT2D eigenvalue weighted by molar-refractivity contribution is 0.0891. The lowest BCUT2D eigenvalue weighted by Gasteiger charge is -2.42. The minimum absolute atomic E-state index is 0.665. The predicted molar refractivity (Wildman–Crippen MR) is 84.6 cm³/mol. The molecule has 1 saturated carbocycles. The standard InChI is InChI=1S/C18H28N2/c1-3-14(2)17-13-20(12-15-7-5-4-6-8-15)18(11-19-17)16-9-10-16/h4-8,14,16-19H,3,9-13H2,1-2H3. The van der Waals surface area contributed by atoms with Gasteiger partial charge >= 0.3 is 0 Å². The highest BCUT2D eigenvalue weighted by Gasteiger charge is 2.39. The van der Waals surface area contributed by atoms with Gasteiger partial charge in [-0.25, -0.2) is 0 Å². The first-order chi connectivity index (χ1) is 9.78. The molecule has 3 rings (SSSR count). The number of hydrogen-bond acceptors (Lipinski definition) is 2. The molecule has 3 unspecified atom stereocenters. The van der Waals surface area contributed by atoms with Gasteiger partial charge in [-0.2, -0.15) is 0 Å². The van der Waals surface area contributed by atoms with Crippen molar-refractivity contribution in [2.24, 2.45) is 11.8 Å². The van der Waals surface area contributed by atoms with Crippen LogP contribution in [-0.4, -0.2) is 30.1 Å². The van der Waals surface area contributed by atoms with E-state index in [1.165, 1.54) is 37.9 Å². The number of benzene rings is 1. The Balaban J connectivity index is 1.68. The molecule has 20 heavy (non-hydrogen) atoms. The van der Waals surface area contributed by atoms with Crippen LogP contribution in [0.3, 0.4) is 0 Å². The third kappa shape index (κ3) is 3.24. The van der Waals surface area contributed by atoms with Gasteiger partial charge in [-0.3, -0.25) is 4.90 Å². The summed E-state index contributed by atoms with van der Waals surface area (Å²) >= 11 is 0. The predicted octanol–water partition coefficient (Wildman–Crippen LogP) is 3.29. The lowest BCUT2D eigenvalue weighted by atomic mass is 9.94. The van der Waals surface area contributed by atoms with E-state index in [0.717, 1.165) is 24.4 Å². The molecule has 2 nitrogen and oxygen atoms in total. The summed E-state index contributed by atoms with van der Waals surface area (Å²) in [7, 11) is 0. The van der Waals surface area contributed by atoms with Gasteiger partial charge < -0.3 is 5.32 Å². The summed E-state index contributed by atoms with van der Waals surface area (Å²) in [5, 5.41) is 3.82. The second-order valence-corrected chi connectivity index (χ2v) is 6.72. The van der Waals surface area contributed by atoms with E-state index in [2.05, 4.69) is 54.4 Å². The molecule has 1 N–H and O–H groups in total. The zero-order chi connectivity index (χ0) is 13.9. The molecular formula is C18H28N2. The molecule has 1 aromatic carbocycles. The number of piperazine rings is 1. The Hall–Kier alpha value is -0.860. The molecule has 0 aromatic heterocycles. The third-order valence-electron chi connectivity index (χ3n) is 5.21. The van der Waals surface area contributed by atoms with E-state index in [4.69, 9.17) is 0 Å². The number of hydrogen-bond donors (Lipinski definition) is 1. The fourth-order valence-electron chi connectivity index (χ4n) is 3.46.